The summed E-state index contributed by atoms with van der Waals surface area (Å²) in [6, 6.07) is 7.30. The summed E-state index contributed by atoms with van der Waals surface area (Å²) in [5, 5.41) is 13.1. The van der Waals surface area contributed by atoms with Crippen LogP contribution in [0.2, 0.25) is 0 Å². The lowest BCUT2D eigenvalue weighted by Crippen LogP contribution is -2.43. The normalized spacial score (nSPS) is 27.9. The van der Waals surface area contributed by atoms with Gasteiger partial charge in [-0.25, -0.2) is 13.8 Å². The number of esters is 1. The van der Waals surface area contributed by atoms with Crippen molar-refractivity contribution in [2.75, 3.05) is 6.61 Å². The van der Waals surface area contributed by atoms with Crippen LogP contribution in [0.3, 0.4) is 0 Å². The number of H-pyrrole nitrogens is 1. The van der Waals surface area contributed by atoms with E-state index in [1.54, 1.807) is 32.0 Å². The lowest BCUT2D eigenvalue weighted by atomic mass is 10.0. The first kappa shape index (κ1) is 23.6. The van der Waals surface area contributed by atoms with Crippen molar-refractivity contribution in [1.82, 2.24) is 14.6 Å². The number of benzene rings is 1. The number of aromatic nitrogens is 2. The van der Waals surface area contributed by atoms with Gasteiger partial charge in [0.25, 0.3) is 5.56 Å². The molecule has 0 saturated carbocycles. The van der Waals surface area contributed by atoms with Crippen LogP contribution in [0.25, 0.3) is 0 Å². The summed E-state index contributed by atoms with van der Waals surface area (Å²) >= 11 is 0. The topological polar surface area (TPSA) is 158 Å². The van der Waals surface area contributed by atoms with Crippen LogP contribution in [0.4, 0.5) is 4.39 Å². The lowest BCUT2D eigenvalue weighted by molar-refractivity contribution is -0.149. The highest BCUT2D eigenvalue weighted by atomic mass is 31.2. The number of carbonyl (C=O) groups is 1. The lowest BCUT2D eigenvalue weighted by Gasteiger charge is -2.25. The first-order valence-corrected chi connectivity index (χ1v) is 12.4. The number of aliphatic hydroxyl groups is 1. The number of rotatable bonds is 10. The van der Waals surface area contributed by atoms with Crippen molar-refractivity contribution >= 4 is 13.7 Å². The number of hydrogen-bond donors (Lipinski definition) is 3. The average Bonchev–Trinajstić information content (AvgIpc) is 3.09. The zero-order valence-electron chi connectivity index (χ0n) is 22.6. The highest BCUT2D eigenvalue weighted by Gasteiger charge is 2.55. The van der Waals surface area contributed by atoms with Crippen LogP contribution in [-0.2, 0) is 23.4 Å². The Bertz CT molecular complexity index is 1320. The molecule has 0 radical (unpaired) electrons. The maximum atomic E-state index is 16.1. The molecule has 1 aromatic carbocycles. The first-order valence-electron chi connectivity index (χ1n) is 12.4. The molecule has 14 heteroatoms. The third kappa shape index (κ3) is 6.48. The van der Waals surface area contributed by atoms with E-state index in [2.05, 4.69) is 5.09 Å². The van der Waals surface area contributed by atoms with E-state index in [0.717, 1.165) is 12.3 Å². The summed E-state index contributed by atoms with van der Waals surface area (Å²) in [6.07, 6.45) is -6.09. The number of hydrogen-bond acceptors (Lipinski definition) is 9. The molecule has 2 aromatic rings. The molecule has 1 aromatic heterocycles. The predicted octanol–water partition coefficient (Wildman–Crippen LogP) is 1.66. The monoisotopic (exact) mass is 533 g/mol. The average molecular weight is 533 g/mol. The Labute approximate surface area is 210 Å². The van der Waals surface area contributed by atoms with Crippen LogP contribution in [0.5, 0.6) is 5.75 Å². The number of nitrogens with one attached hydrogen (secondary N) is 2. The van der Waals surface area contributed by atoms with Gasteiger partial charge < -0.3 is 19.1 Å². The van der Waals surface area contributed by atoms with Gasteiger partial charge in [0.05, 0.1) is 12.7 Å². The minimum atomic E-state index is -4.48. The van der Waals surface area contributed by atoms with Crippen molar-refractivity contribution in [2.24, 2.45) is 0 Å². The Morgan fingerprint density at radius 3 is 2.64 bits per heavy atom. The van der Waals surface area contributed by atoms with E-state index in [1.165, 1.54) is 19.1 Å². The second-order valence-corrected chi connectivity index (χ2v) is 9.99. The molecule has 198 valence electrons. The van der Waals surface area contributed by atoms with Gasteiger partial charge in [0.1, 0.15) is 24.0 Å². The van der Waals surface area contributed by atoms with Gasteiger partial charge in [-0.15, -0.1) is 0 Å². The van der Waals surface area contributed by atoms with Crippen LogP contribution in [0, 0.1) is 0 Å². The fourth-order valence-electron chi connectivity index (χ4n) is 3.27. The third-order valence-corrected chi connectivity index (χ3v) is 6.63. The van der Waals surface area contributed by atoms with Gasteiger partial charge in [-0.05, 0) is 39.8 Å². The SMILES string of the molecule is [2H][13C]([2H])([2H])[C@@]1(F)[C@H](O)[C@H](COP(=O)(N[C@@H](C)C(=O)OC(C)C)Oc2ccccc2)O[C@H]1n1ccc(=O)[nH]c1=O. The summed E-state index contributed by atoms with van der Waals surface area (Å²) in [5.74, 6) is -0.726. The molecule has 36 heavy (non-hydrogen) atoms. The molecule has 1 fully saturated rings. The molecule has 0 amide bonds. The smallest absolute Gasteiger partial charge is 0.459 e. The number of nitrogens with zero attached hydrogens (tertiary/aromatic N) is 1. The number of halogens is 1. The maximum absolute atomic E-state index is 16.1. The molecule has 1 saturated heterocycles. The molecule has 6 atom stereocenters. The number of carbonyl (C=O) groups excluding carboxylic acids is 1. The Kier molecular flexibility index (Phi) is 7.24. The van der Waals surface area contributed by atoms with E-state index in [1.807, 2.05) is 4.98 Å². The first-order chi connectivity index (χ1) is 18.1. The van der Waals surface area contributed by atoms with Crippen molar-refractivity contribution < 1.29 is 41.5 Å². The number of ether oxygens (including phenoxy) is 2. The molecule has 2 heterocycles. The molecule has 3 rings (SSSR count). The van der Waals surface area contributed by atoms with E-state index >= 15 is 4.39 Å². The summed E-state index contributed by atoms with van der Waals surface area (Å²) in [7, 11) is -4.48. The number of alkyl halides is 1. The molecular weight excluding hydrogens is 501 g/mol. The van der Waals surface area contributed by atoms with Crippen LogP contribution >= 0.6 is 7.75 Å². The van der Waals surface area contributed by atoms with Crippen LogP contribution in [0.15, 0.2) is 52.2 Å². The number of aromatic amines is 1. The van der Waals surface area contributed by atoms with Crippen molar-refractivity contribution in [3.8, 4) is 5.75 Å². The van der Waals surface area contributed by atoms with Crippen LogP contribution in [-0.4, -0.2) is 57.3 Å². The maximum Gasteiger partial charge on any atom is 0.459 e. The molecule has 1 unspecified atom stereocenters. The summed E-state index contributed by atoms with van der Waals surface area (Å²) in [5.41, 5.74) is -5.57. The van der Waals surface area contributed by atoms with Crippen LogP contribution in [0.1, 0.15) is 38.0 Å². The van der Waals surface area contributed by atoms with Gasteiger partial charge in [-0.1, -0.05) is 18.2 Å². The van der Waals surface area contributed by atoms with Gasteiger partial charge in [-0.2, -0.15) is 5.09 Å². The van der Waals surface area contributed by atoms with Crippen molar-refractivity contribution in [1.29, 1.82) is 0 Å². The largest absolute Gasteiger partial charge is 0.462 e. The van der Waals surface area contributed by atoms with Gasteiger partial charge in [0.15, 0.2) is 11.9 Å². The Morgan fingerprint density at radius 2 is 2.03 bits per heavy atom. The standard InChI is InChI=1S/C22H29FN3O9P/c1-13(2)33-19(29)14(3)25-36(31,35-15-8-6-5-7-9-15)32-12-16-18(28)22(4,23)20(34-16)26-11-10-17(27)24-21(26)30/h5-11,13-14,16,18,20,28H,12H2,1-4H3,(H,25,31)(H,24,27,30)/t14-,16-,18+,20+,22+,36?/m0/s1/i4+1D3. The molecule has 1 aliphatic heterocycles. The van der Waals surface area contributed by atoms with Crippen molar-refractivity contribution in [2.45, 2.75) is 63.9 Å². The molecular formula is C22H29FN3O9P. The van der Waals surface area contributed by atoms with Gasteiger partial charge in [0.2, 0.25) is 0 Å². The van der Waals surface area contributed by atoms with Crippen molar-refractivity contribution in [3.05, 3.63) is 63.4 Å². The second-order valence-electron chi connectivity index (χ2n) is 8.29. The number of aliphatic hydroxyl groups excluding tert-OH is 1. The molecule has 3 N–H and O–H groups in total. The highest BCUT2D eigenvalue weighted by molar-refractivity contribution is 7.52. The molecule has 0 aliphatic carbocycles. The number of para-hydroxylation sites is 1. The predicted molar refractivity (Wildman–Crippen MR) is 125 cm³/mol. The second kappa shape index (κ2) is 11.1. The molecule has 1 aliphatic rings. The molecule has 12 nitrogen and oxygen atoms in total. The fourth-order valence-corrected chi connectivity index (χ4v) is 4.77. The molecule has 0 bridgehead atoms. The highest BCUT2D eigenvalue weighted by Crippen LogP contribution is 2.47. The van der Waals surface area contributed by atoms with Crippen LogP contribution < -0.4 is 20.9 Å². The summed E-state index contributed by atoms with van der Waals surface area (Å²) in [4.78, 5) is 37.9. The van der Waals surface area contributed by atoms with E-state index in [4.69, 9.17) is 22.6 Å². The zero-order valence-corrected chi connectivity index (χ0v) is 20.5. The third-order valence-electron chi connectivity index (χ3n) is 4.98. The fraction of sp³-hybridized carbons (Fsp3) is 0.500. The summed E-state index contributed by atoms with van der Waals surface area (Å²) in [6.45, 7) is 0.131. The van der Waals surface area contributed by atoms with Gasteiger partial charge in [-0.3, -0.25) is 23.7 Å². The minimum absolute atomic E-state index is 0.0608. The Balaban J connectivity index is 1.90. The zero-order chi connectivity index (χ0) is 29.2. The van der Waals surface area contributed by atoms with Gasteiger partial charge >= 0.3 is 19.4 Å². The molecule has 0 spiro atoms. The van der Waals surface area contributed by atoms with E-state index in [0.29, 0.717) is 4.57 Å². The van der Waals surface area contributed by atoms with Gasteiger partial charge in [0, 0.05) is 16.4 Å². The van der Waals surface area contributed by atoms with E-state index < -0.39 is 74.7 Å². The van der Waals surface area contributed by atoms with E-state index in [-0.39, 0.29) is 5.75 Å². The van der Waals surface area contributed by atoms with E-state index in [9.17, 15) is 24.1 Å². The quantitative estimate of drug-likeness (QED) is 0.233. The minimum Gasteiger partial charge on any atom is -0.462 e. The van der Waals surface area contributed by atoms with Crippen molar-refractivity contribution in [3.63, 3.8) is 0 Å². The summed E-state index contributed by atoms with van der Waals surface area (Å²) < 4.78 is 74.6. The Hall–Kier alpha value is -2.83. The Morgan fingerprint density at radius 1 is 1.33 bits per heavy atom.